The maximum absolute atomic E-state index is 13.0. The van der Waals surface area contributed by atoms with E-state index in [1.165, 1.54) is 128 Å². The fourth-order valence-electron chi connectivity index (χ4n) is 7.09. The second-order valence-corrected chi connectivity index (χ2v) is 17.0. The minimum atomic E-state index is -1.19. The Labute approximate surface area is 351 Å². The van der Waals surface area contributed by atoms with Gasteiger partial charge in [-0.1, -0.05) is 207 Å². The fraction of sp³-hybridized carbons (Fsp3) is 0.918. The van der Waals surface area contributed by atoms with Gasteiger partial charge in [-0.15, -0.1) is 0 Å². The Balaban J connectivity index is 5.46. The molecule has 0 radical (unpaired) electrons. The van der Waals surface area contributed by atoms with Crippen molar-refractivity contribution in [3.63, 3.8) is 0 Å². The van der Waals surface area contributed by atoms with Gasteiger partial charge >= 0.3 is 23.9 Å². The molecule has 0 bridgehead atoms. The van der Waals surface area contributed by atoms with Crippen LogP contribution < -0.4 is 0 Å². The van der Waals surface area contributed by atoms with Gasteiger partial charge in [0.2, 0.25) is 0 Å². The van der Waals surface area contributed by atoms with Crippen molar-refractivity contribution in [2.24, 2.45) is 5.41 Å². The van der Waals surface area contributed by atoms with E-state index in [-0.39, 0.29) is 50.3 Å². The van der Waals surface area contributed by atoms with Gasteiger partial charge in [-0.2, -0.15) is 0 Å². The molecule has 0 aliphatic heterocycles. The summed E-state index contributed by atoms with van der Waals surface area (Å²) in [6, 6.07) is 0. The summed E-state index contributed by atoms with van der Waals surface area (Å²) in [6.45, 7) is 8.21. The molecule has 0 aromatic rings. The second kappa shape index (κ2) is 42.0. The van der Waals surface area contributed by atoms with Crippen molar-refractivity contribution in [1.29, 1.82) is 0 Å². The second-order valence-electron chi connectivity index (χ2n) is 17.0. The number of carbonyl (C=O) groups is 4. The van der Waals surface area contributed by atoms with Gasteiger partial charge in [-0.05, 0) is 25.7 Å². The first-order chi connectivity index (χ1) is 27.8. The highest BCUT2D eigenvalue weighted by Gasteiger charge is 2.38. The molecule has 336 valence electrons. The Bertz CT molecular complexity index is 785. The molecule has 0 aliphatic rings. The molecule has 0 aromatic carbocycles. The molecule has 0 fully saturated rings. The molecule has 0 aliphatic carbocycles. The number of rotatable bonds is 44. The Hall–Kier alpha value is -2.12. The number of unbranched alkanes of at least 4 members (excludes halogenated alkanes) is 28. The van der Waals surface area contributed by atoms with Crippen LogP contribution in [0.2, 0.25) is 0 Å². The Morgan fingerprint density at radius 1 is 0.263 bits per heavy atom. The molecule has 0 heterocycles. The Morgan fingerprint density at radius 2 is 0.421 bits per heavy atom. The van der Waals surface area contributed by atoms with Crippen LogP contribution in [0.25, 0.3) is 0 Å². The highest BCUT2D eigenvalue weighted by Crippen LogP contribution is 2.24. The van der Waals surface area contributed by atoms with E-state index in [1.54, 1.807) is 0 Å². The van der Waals surface area contributed by atoms with Crippen molar-refractivity contribution >= 4 is 23.9 Å². The largest absolute Gasteiger partial charge is 0.465 e. The summed E-state index contributed by atoms with van der Waals surface area (Å²) in [6.07, 6.45) is 37.1. The summed E-state index contributed by atoms with van der Waals surface area (Å²) >= 11 is 0. The van der Waals surface area contributed by atoms with E-state index in [0.717, 1.165) is 77.0 Å². The number of hydrogen-bond acceptors (Lipinski definition) is 8. The number of esters is 4. The zero-order valence-electron chi connectivity index (χ0n) is 38.1. The Morgan fingerprint density at radius 3 is 0.596 bits per heavy atom. The quantitative estimate of drug-likeness (QED) is 0.0340. The zero-order valence-corrected chi connectivity index (χ0v) is 38.1. The fourth-order valence-corrected chi connectivity index (χ4v) is 7.09. The van der Waals surface area contributed by atoms with E-state index in [1.807, 2.05) is 0 Å². The van der Waals surface area contributed by atoms with Gasteiger partial charge in [0, 0.05) is 25.7 Å². The maximum atomic E-state index is 13.0. The monoisotopic (exact) mass is 809 g/mol. The van der Waals surface area contributed by atoms with Gasteiger partial charge in [-0.25, -0.2) is 0 Å². The van der Waals surface area contributed by atoms with Crippen molar-refractivity contribution in [3.8, 4) is 0 Å². The standard InChI is InChI=1S/C49H92O8/c1-5-9-13-17-21-25-29-33-37-45(50)54-41-49(42-55-46(51)38-34-30-26-22-18-14-10-6-2,43-56-47(52)39-35-31-27-23-19-15-11-7-3)44-57-48(53)40-36-32-28-24-20-16-12-8-4/h5-44H2,1-4H3. The smallest absolute Gasteiger partial charge is 0.305 e. The molecular weight excluding hydrogens is 717 g/mol. The summed E-state index contributed by atoms with van der Waals surface area (Å²) in [5.41, 5.74) is -1.19. The van der Waals surface area contributed by atoms with Gasteiger partial charge in [0.05, 0.1) is 0 Å². The molecule has 0 aromatic heterocycles. The molecule has 0 saturated carbocycles. The molecule has 0 spiro atoms. The lowest BCUT2D eigenvalue weighted by Gasteiger charge is -2.31. The number of hydrogen-bond donors (Lipinski definition) is 0. The summed E-state index contributed by atoms with van der Waals surface area (Å²) in [5, 5.41) is 0. The third kappa shape index (κ3) is 37.9. The van der Waals surface area contributed by atoms with E-state index in [0.29, 0.717) is 25.7 Å². The lowest BCUT2D eigenvalue weighted by Crippen LogP contribution is -2.44. The highest BCUT2D eigenvalue weighted by atomic mass is 16.6. The summed E-state index contributed by atoms with van der Waals surface area (Å²) in [7, 11) is 0. The van der Waals surface area contributed by atoms with Crippen molar-refractivity contribution < 1.29 is 38.1 Å². The minimum absolute atomic E-state index is 0.163. The predicted molar refractivity (Wildman–Crippen MR) is 235 cm³/mol. The van der Waals surface area contributed by atoms with Crippen molar-refractivity contribution in [2.45, 2.75) is 259 Å². The van der Waals surface area contributed by atoms with Crippen LogP contribution >= 0.6 is 0 Å². The molecule has 57 heavy (non-hydrogen) atoms. The zero-order chi connectivity index (χ0) is 41.9. The van der Waals surface area contributed by atoms with Crippen LogP contribution in [0, 0.1) is 5.41 Å². The average molecular weight is 809 g/mol. The molecule has 0 saturated heterocycles. The minimum Gasteiger partial charge on any atom is -0.465 e. The van der Waals surface area contributed by atoms with Crippen LogP contribution in [0.3, 0.4) is 0 Å². The molecule has 0 amide bonds. The molecular formula is C49H92O8. The first kappa shape index (κ1) is 54.9. The van der Waals surface area contributed by atoms with Gasteiger partial charge in [0.1, 0.15) is 31.8 Å². The van der Waals surface area contributed by atoms with E-state index < -0.39 is 5.41 Å². The van der Waals surface area contributed by atoms with E-state index in [2.05, 4.69) is 27.7 Å². The first-order valence-corrected chi connectivity index (χ1v) is 24.4. The van der Waals surface area contributed by atoms with Crippen LogP contribution in [0.1, 0.15) is 259 Å². The molecule has 0 unspecified atom stereocenters. The molecule has 0 atom stereocenters. The summed E-state index contributed by atoms with van der Waals surface area (Å²) in [4.78, 5) is 52.0. The van der Waals surface area contributed by atoms with Gasteiger partial charge in [0.15, 0.2) is 0 Å². The molecule has 0 N–H and O–H groups in total. The summed E-state index contributed by atoms with van der Waals surface area (Å²) in [5.74, 6) is -1.37. The van der Waals surface area contributed by atoms with E-state index >= 15 is 0 Å². The van der Waals surface area contributed by atoms with Crippen molar-refractivity contribution in [1.82, 2.24) is 0 Å². The molecule has 0 rings (SSSR count). The highest BCUT2D eigenvalue weighted by molar-refractivity contribution is 5.71. The Kier molecular flexibility index (Phi) is 40.5. The van der Waals surface area contributed by atoms with Crippen molar-refractivity contribution in [2.75, 3.05) is 26.4 Å². The third-order valence-electron chi connectivity index (χ3n) is 11.1. The SMILES string of the molecule is CCCCCCCCCCC(=O)OCC(COC(=O)CCCCCCCCCC)(COC(=O)CCCCCCCCCC)COC(=O)CCCCCCCCCC. The van der Waals surface area contributed by atoms with Crippen LogP contribution in [0.4, 0.5) is 0 Å². The topological polar surface area (TPSA) is 105 Å². The number of carbonyl (C=O) groups excluding carboxylic acids is 4. The normalized spacial score (nSPS) is 11.4. The first-order valence-electron chi connectivity index (χ1n) is 24.4. The maximum Gasteiger partial charge on any atom is 0.305 e. The van der Waals surface area contributed by atoms with Crippen LogP contribution in [-0.4, -0.2) is 50.3 Å². The summed E-state index contributed by atoms with van der Waals surface area (Å²) < 4.78 is 23.2. The van der Waals surface area contributed by atoms with Crippen LogP contribution in [-0.2, 0) is 38.1 Å². The molecule has 8 heteroatoms. The van der Waals surface area contributed by atoms with Gasteiger partial charge in [0.25, 0.3) is 0 Å². The van der Waals surface area contributed by atoms with Crippen molar-refractivity contribution in [3.05, 3.63) is 0 Å². The van der Waals surface area contributed by atoms with Gasteiger partial charge < -0.3 is 18.9 Å². The van der Waals surface area contributed by atoms with Crippen LogP contribution in [0.15, 0.2) is 0 Å². The average Bonchev–Trinajstić information content (AvgIpc) is 3.21. The third-order valence-corrected chi connectivity index (χ3v) is 11.1. The number of ether oxygens (including phenoxy) is 4. The lowest BCUT2D eigenvalue weighted by atomic mass is 9.92. The van der Waals surface area contributed by atoms with E-state index in [4.69, 9.17) is 18.9 Å². The lowest BCUT2D eigenvalue weighted by molar-refractivity contribution is -0.170. The van der Waals surface area contributed by atoms with Crippen LogP contribution in [0.5, 0.6) is 0 Å². The molecule has 8 nitrogen and oxygen atoms in total. The van der Waals surface area contributed by atoms with Gasteiger partial charge in [-0.3, -0.25) is 19.2 Å². The van der Waals surface area contributed by atoms with E-state index in [9.17, 15) is 19.2 Å². The predicted octanol–water partition coefficient (Wildman–Crippen LogP) is 14.3.